The zero-order valence-electron chi connectivity index (χ0n) is 7.15. The molecular formula is C10H16. The standard InChI is InChI=1S/C10H16/c1-8(2)10-6-4-9(3)5-7-10/h4-5,10H,6-7H2,1-3H3. The zero-order valence-corrected chi connectivity index (χ0v) is 7.15. The fraction of sp³-hybridized carbons (Fsp3) is 0.600. The predicted octanol–water partition coefficient (Wildman–Crippen LogP) is 3.16. The molecule has 0 aromatic carbocycles. The van der Waals surface area contributed by atoms with Gasteiger partial charge in [0.25, 0.3) is 0 Å². The Hall–Kier alpha value is -0.260. The van der Waals surface area contributed by atoms with Gasteiger partial charge in [0.05, 0.1) is 0 Å². The smallest absolute Gasteiger partial charge is 0.0137 e. The van der Waals surface area contributed by atoms with Crippen molar-refractivity contribution >= 4 is 0 Å². The summed E-state index contributed by atoms with van der Waals surface area (Å²) in [7, 11) is 0. The molecule has 2 radical (unpaired) electrons. The number of allylic oxidation sites excluding steroid dienone is 2. The summed E-state index contributed by atoms with van der Waals surface area (Å²) >= 11 is 0. The minimum Gasteiger partial charge on any atom is -0.0850 e. The molecule has 1 aliphatic rings. The molecule has 1 aliphatic carbocycles. The molecule has 0 saturated heterocycles. The third kappa shape index (κ3) is 1.86. The first-order valence-corrected chi connectivity index (χ1v) is 4.00. The van der Waals surface area contributed by atoms with E-state index in [9.17, 15) is 0 Å². The summed E-state index contributed by atoms with van der Waals surface area (Å²) in [5.41, 5.74) is 1.46. The van der Waals surface area contributed by atoms with Crippen LogP contribution >= 0.6 is 0 Å². The second-order valence-electron chi connectivity index (χ2n) is 3.40. The van der Waals surface area contributed by atoms with Crippen LogP contribution in [0.1, 0.15) is 33.6 Å². The lowest BCUT2D eigenvalue weighted by molar-refractivity contribution is 0.533. The molecule has 0 heteroatoms. The summed E-state index contributed by atoms with van der Waals surface area (Å²) in [6.45, 7) is 6.64. The van der Waals surface area contributed by atoms with Gasteiger partial charge in [-0.15, -0.1) is 0 Å². The molecule has 0 saturated carbocycles. The van der Waals surface area contributed by atoms with Gasteiger partial charge in [-0.25, -0.2) is 0 Å². The Morgan fingerprint density at radius 2 is 2.10 bits per heavy atom. The van der Waals surface area contributed by atoms with Gasteiger partial charge in [0, 0.05) is 0 Å². The monoisotopic (exact) mass is 136 g/mol. The fourth-order valence-corrected chi connectivity index (χ4v) is 1.31. The summed E-state index contributed by atoms with van der Waals surface area (Å²) in [5.74, 6) is 2.39. The van der Waals surface area contributed by atoms with E-state index in [1.54, 1.807) is 5.92 Å². The van der Waals surface area contributed by atoms with Crippen LogP contribution in [0.4, 0.5) is 0 Å². The molecule has 10 heavy (non-hydrogen) atoms. The number of hydrogen-bond donors (Lipinski definition) is 0. The summed E-state index contributed by atoms with van der Waals surface area (Å²) in [6.07, 6.45) is 7.18. The lowest BCUT2D eigenvalue weighted by Gasteiger charge is -2.22. The van der Waals surface area contributed by atoms with Gasteiger partial charge in [-0.2, -0.15) is 0 Å². The third-order valence-electron chi connectivity index (χ3n) is 2.27. The topological polar surface area (TPSA) is 0 Å². The van der Waals surface area contributed by atoms with E-state index in [2.05, 4.69) is 33.3 Å². The molecule has 0 aromatic heterocycles. The van der Waals surface area contributed by atoms with Gasteiger partial charge in [-0.1, -0.05) is 25.5 Å². The first-order chi connectivity index (χ1) is 4.70. The normalized spacial score (nSPS) is 26.8. The van der Waals surface area contributed by atoms with E-state index < -0.39 is 0 Å². The molecule has 0 spiro atoms. The van der Waals surface area contributed by atoms with E-state index >= 15 is 0 Å². The maximum Gasteiger partial charge on any atom is -0.0137 e. The Morgan fingerprint density at radius 3 is 2.50 bits per heavy atom. The summed E-state index contributed by atoms with van der Waals surface area (Å²) in [5, 5.41) is 0. The van der Waals surface area contributed by atoms with Gasteiger partial charge in [-0.05, 0) is 38.0 Å². The first-order valence-electron chi connectivity index (χ1n) is 4.00. The summed E-state index contributed by atoms with van der Waals surface area (Å²) in [4.78, 5) is 0. The molecule has 0 aromatic rings. The lowest BCUT2D eigenvalue weighted by Crippen LogP contribution is -2.09. The van der Waals surface area contributed by atoms with Gasteiger partial charge in [-0.3, -0.25) is 0 Å². The molecule has 1 atom stereocenters. The minimum absolute atomic E-state index is 0.823. The van der Waals surface area contributed by atoms with Crippen LogP contribution in [0.3, 0.4) is 0 Å². The van der Waals surface area contributed by atoms with Crippen molar-refractivity contribution < 1.29 is 0 Å². The third-order valence-corrected chi connectivity index (χ3v) is 2.27. The van der Waals surface area contributed by atoms with Crippen LogP contribution in [0.15, 0.2) is 11.6 Å². The minimum atomic E-state index is 0.823. The van der Waals surface area contributed by atoms with Gasteiger partial charge in [0.15, 0.2) is 0 Å². The van der Waals surface area contributed by atoms with E-state index in [-0.39, 0.29) is 0 Å². The second-order valence-corrected chi connectivity index (χ2v) is 3.40. The highest BCUT2D eigenvalue weighted by Gasteiger charge is 2.15. The maximum atomic E-state index is 2.33. The van der Waals surface area contributed by atoms with Crippen molar-refractivity contribution in [3.05, 3.63) is 24.0 Å². The molecule has 56 valence electrons. The van der Waals surface area contributed by atoms with Gasteiger partial charge < -0.3 is 0 Å². The van der Waals surface area contributed by atoms with Gasteiger partial charge >= 0.3 is 0 Å². The highest BCUT2D eigenvalue weighted by molar-refractivity contribution is 5.16. The van der Waals surface area contributed by atoms with E-state index in [1.807, 2.05) is 0 Å². The second kappa shape index (κ2) is 3.23. The molecular weight excluding hydrogens is 120 g/mol. The molecule has 0 bridgehead atoms. The molecule has 0 heterocycles. The van der Waals surface area contributed by atoms with Crippen molar-refractivity contribution in [1.82, 2.24) is 0 Å². The molecule has 1 unspecified atom stereocenters. The van der Waals surface area contributed by atoms with Crippen molar-refractivity contribution in [3.63, 3.8) is 0 Å². The predicted molar refractivity (Wildman–Crippen MR) is 45.4 cm³/mol. The Labute approximate surface area is 64.3 Å². The van der Waals surface area contributed by atoms with Crippen molar-refractivity contribution in [3.8, 4) is 0 Å². The van der Waals surface area contributed by atoms with E-state index in [1.165, 1.54) is 18.4 Å². The van der Waals surface area contributed by atoms with Gasteiger partial charge in [0.1, 0.15) is 0 Å². The quantitative estimate of drug-likeness (QED) is 0.519. The zero-order chi connectivity index (χ0) is 7.56. The maximum absolute atomic E-state index is 2.33. The van der Waals surface area contributed by atoms with Crippen LogP contribution in [0.2, 0.25) is 0 Å². The van der Waals surface area contributed by atoms with Crippen molar-refractivity contribution in [1.29, 1.82) is 0 Å². The molecule has 0 amide bonds. The largest absolute Gasteiger partial charge is 0.0850 e. The molecule has 0 aliphatic heterocycles. The molecule has 0 N–H and O–H groups in total. The molecule has 0 fully saturated rings. The average Bonchev–Trinajstić information content (AvgIpc) is 1.88. The van der Waals surface area contributed by atoms with E-state index in [0.29, 0.717) is 0 Å². The van der Waals surface area contributed by atoms with Gasteiger partial charge in [0.2, 0.25) is 0 Å². The van der Waals surface area contributed by atoms with Crippen molar-refractivity contribution in [2.75, 3.05) is 0 Å². The highest BCUT2D eigenvalue weighted by Crippen LogP contribution is 2.28. The first kappa shape index (κ1) is 7.84. The van der Waals surface area contributed by atoms with Crippen LogP contribution < -0.4 is 0 Å². The Morgan fingerprint density at radius 1 is 1.40 bits per heavy atom. The van der Waals surface area contributed by atoms with Crippen LogP contribution in [0.5, 0.6) is 0 Å². The fourth-order valence-electron chi connectivity index (χ4n) is 1.31. The van der Waals surface area contributed by atoms with Crippen LogP contribution in [0.25, 0.3) is 0 Å². The summed E-state index contributed by atoms with van der Waals surface area (Å²) in [6, 6.07) is 0. The Balaban J connectivity index is 2.42. The van der Waals surface area contributed by atoms with Crippen LogP contribution in [-0.4, -0.2) is 0 Å². The van der Waals surface area contributed by atoms with Crippen LogP contribution in [0, 0.1) is 18.3 Å². The Kier molecular flexibility index (Phi) is 2.53. The number of rotatable bonds is 1. The number of hydrogen-bond acceptors (Lipinski definition) is 0. The SMILES string of the molecule is C[C](C)C1C[CH]C(C)=CC1. The Bertz CT molecular complexity index is 131. The van der Waals surface area contributed by atoms with E-state index in [4.69, 9.17) is 0 Å². The van der Waals surface area contributed by atoms with Crippen LogP contribution in [-0.2, 0) is 0 Å². The van der Waals surface area contributed by atoms with Crippen molar-refractivity contribution in [2.45, 2.75) is 33.6 Å². The average molecular weight is 136 g/mol. The van der Waals surface area contributed by atoms with E-state index in [0.717, 1.165) is 5.92 Å². The summed E-state index contributed by atoms with van der Waals surface area (Å²) < 4.78 is 0. The molecule has 1 rings (SSSR count). The lowest BCUT2D eigenvalue weighted by atomic mass is 9.83. The highest BCUT2D eigenvalue weighted by atomic mass is 14.2. The molecule has 0 nitrogen and oxygen atoms in total. The van der Waals surface area contributed by atoms with Crippen molar-refractivity contribution in [2.24, 2.45) is 5.92 Å².